The Hall–Kier alpha value is -1.06. The zero-order valence-corrected chi connectivity index (χ0v) is 8.36. The molecule has 14 heavy (non-hydrogen) atoms. The Morgan fingerprint density at radius 2 is 2.00 bits per heavy atom. The number of methoxy groups -OCH3 is 1. The van der Waals surface area contributed by atoms with E-state index in [1.54, 1.807) is 4.90 Å². The van der Waals surface area contributed by atoms with Crippen molar-refractivity contribution in [2.75, 3.05) is 13.7 Å². The number of esters is 1. The zero-order valence-electron chi connectivity index (χ0n) is 8.36. The minimum Gasteiger partial charge on any atom is -0.467 e. The summed E-state index contributed by atoms with van der Waals surface area (Å²) in [5, 5.41) is 0. The smallest absolute Gasteiger partial charge is 0.328 e. The van der Waals surface area contributed by atoms with Crippen molar-refractivity contribution >= 4 is 11.9 Å². The number of nitrogens with zero attached hydrogens (tertiary/aromatic N) is 1. The molecule has 0 aromatic rings. The highest BCUT2D eigenvalue weighted by Gasteiger charge is 2.41. The number of carbonyl (C=O) groups excluding carboxylic acids is 2. The molecule has 2 aliphatic rings. The summed E-state index contributed by atoms with van der Waals surface area (Å²) >= 11 is 0. The average molecular weight is 197 g/mol. The molecule has 0 bridgehead atoms. The number of amides is 1. The van der Waals surface area contributed by atoms with Gasteiger partial charge in [0.1, 0.15) is 6.04 Å². The van der Waals surface area contributed by atoms with Crippen LogP contribution in [0.2, 0.25) is 0 Å². The predicted molar refractivity (Wildman–Crippen MR) is 49.5 cm³/mol. The molecule has 0 aromatic heterocycles. The summed E-state index contributed by atoms with van der Waals surface area (Å²) in [7, 11) is 1.38. The SMILES string of the molecule is COC(=O)C1CCCN1C(=O)C1CC1. The maximum absolute atomic E-state index is 11.8. The van der Waals surface area contributed by atoms with E-state index in [1.807, 2.05) is 0 Å². The zero-order chi connectivity index (χ0) is 10.1. The van der Waals surface area contributed by atoms with Crippen LogP contribution in [0.1, 0.15) is 25.7 Å². The molecule has 4 heteroatoms. The van der Waals surface area contributed by atoms with Crippen molar-refractivity contribution < 1.29 is 14.3 Å². The number of carbonyl (C=O) groups is 2. The Balaban J connectivity index is 2.02. The third kappa shape index (κ3) is 1.61. The van der Waals surface area contributed by atoms with Crippen LogP contribution in [0.5, 0.6) is 0 Å². The summed E-state index contributed by atoms with van der Waals surface area (Å²) < 4.78 is 4.68. The minimum atomic E-state index is -0.312. The number of hydrogen-bond donors (Lipinski definition) is 0. The van der Waals surface area contributed by atoms with Crippen molar-refractivity contribution in [3.05, 3.63) is 0 Å². The summed E-state index contributed by atoms with van der Waals surface area (Å²) in [6.07, 6.45) is 3.65. The highest BCUT2D eigenvalue weighted by atomic mass is 16.5. The average Bonchev–Trinajstić information content (AvgIpc) is 2.93. The number of rotatable bonds is 2. The Morgan fingerprint density at radius 1 is 1.29 bits per heavy atom. The quantitative estimate of drug-likeness (QED) is 0.608. The van der Waals surface area contributed by atoms with Crippen LogP contribution in [0.25, 0.3) is 0 Å². The lowest BCUT2D eigenvalue weighted by atomic mass is 10.2. The fourth-order valence-electron chi connectivity index (χ4n) is 1.98. The van der Waals surface area contributed by atoms with Gasteiger partial charge in [-0.15, -0.1) is 0 Å². The van der Waals surface area contributed by atoms with E-state index in [0.717, 1.165) is 32.2 Å². The highest BCUT2D eigenvalue weighted by Crippen LogP contribution is 2.33. The van der Waals surface area contributed by atoms with Gasteiger partial charge in [0, 0.05) is 12.5 Å². The van der Waals surface area contributed by atoms with Gasteiger partial charge >= 0.3 is 5.97 Å². The standard InChI is InChI=1S/C10H15NO3/c1-14-10(13)8-3-2-6-11(8)9(12)7-4-5-7/h7-8H,2-6H2,1H3. The van der Waals surface area contributed by atoms with E-state index in [0.29, 0.717) is 0 Å². The van der Waals surface area contributed by atoms with Gasteiger partial charge in [0.25, 0.3) is 0 Å². The van der Waals surface area contributed by atoms with Gasteiger partial charge in [-0.1, -0.05) is 0 Å². The van der Waals surface area contributed by atoms with E-state index in [4.69, 9.17) is 0 Å². The van der Waals surface area contributed by atoms with Crippen LogP contribution in [-0.2, 0) is 14.3 Å². The highest BCUT2D eigenvalue weighted by molar-refractivity contribution is 5.87. The maximum atomic E-state index is 11.8. The molecule has 1 unspecified atom stereocenters. The maximum Gasteiger partial charge on any atom is 0.328 e. The predicted octanol–water partition coefficient (Wildman–Crippen LogP) is 0.560. The second-order valence-electron chi connectivity index (χ2n) is 3.99. The van der Waals surface area contributed by atoms with Crippen LogP contribution in [0.15, 0.2) is 0 Å². The fourth-order valence-corrected chi connectivity index (χ4v) is 1.98. The summed E-state index contributed by atoms with van der Waals surface area (Å²) in [5.41, 5.74) is 0. The lowest BCUT2D eigenvalue weighted by Crippen LogP contribution is -2.41. The molecule has 2 rings (SSSR count). The van der Waals surface area contributed by atoms with Crippen LogP contribution in [0.3, 0.4) is 0 Å². The van der Waals surface area contributed by atoms with Crippen molar-refractivity contribution in [1.82, 2.24) is 4.90 Å². The van der Waals surface area contributed by atoms with Crippen LogP contribution in [-0.4, -0.2) is 36.5 Å². The van der Waals surface area contributed by atoms with Gasteiger partial charge in [0.15, 0.2) is 0 Å². The Bertz CT molecular complexity index is 260. The van der Waals surface area contributed by atoms with E-state index in [-0.39, 0.29) is 23.8 Å². The van der Waals surface area contributed by atoms with E-state index in [1.165, 1.54) is 7.11 Å². The van der Waals surface area contributed by atoms with Crippen molar-refractivity contribution in [1.29, 1.82) is 0 Å². The van der Waals surface area contributed by atoms with E-state index >= 15 is 0 Å². The molecule has 1 saturated heterocycles. The summed E-state index contributed by atoms with van der Waals surface area (Å²) in [5.74, 6) is 0.0784. The number of likely N-dealkylation sites (tertiary alicyclic amines) is 1. The van der Waals surface area contributed by atoms with Gasteiger partial charge in [0.05, 0.1) is 7.11 Å². The molecule has 2 fully saturated rings. The first-order valence-electron chi connectivity index (χ1n) is 5.12. The summed E-state index contributed by atoms with van der Waals surface area (Å²) in [6.45, 7) is 0.717. The van der Waals surface area contributed by atoms with Gasteiger partial charge in [0.2, 0.25) is 5.91 Å². The first kappa shape index (κ1) is 9.49. The monoisotopic (exact) mass is 197 g/mol. The fraction of sp³-hybridized carbons (Fsp3) is 0.800. The second-order valence-corrected chi connectivity index (χ2v) is 3.99. The molecule has 0 aromatic carbocycles. The van der Waals surface area contributed by atoms with Gasteiger partial charge in [-0.25, -0.2) is 4.79 Å². The molecule has 1 aliphatic heterocycles. The van der Waals surface area contributed by atoms with Crippen molar-refractivity contribution in [3.8, 4) is 0 Å². The molecular formula is C10H15NO3. The van der Waals surface area contributed by atoms with Crippen LogP contribution in [0, 0.1) is 5.92 Å². The molecule has 78 valence electrons. The first-order valence-corrected chi connectivity index (χ1v) is 5.12. The molecule has 1 atom stereocenters. The first-order chi connectivity index (χ1) is 6.74. The van der Waals surface area contributed by atoms with Gasteiger partial charge < -0.3 is 9.64 Å². The second kappa shape index (κ2) is 3.59. The van der Waals surface area contributed by atoms with E-state index < -0.39 is 0 Å². The molecule has 1 heterocycles. The molecule has 1 aliphatic carbocycles. The van der Waals surface area contributed by atoms with Crippen molar-refractivity contribution in [2.24, 2.45) is 5.92 Å². The summed E-state index contributed by atoms with van der Waals surface area (Å²) in [6, 6.07) is -0.312. The molecule has 0 radical (unpaired) electrons. The molecule has 0 N–H and O–H groups in total. The van der Waals surface area contributed by atoms with Gasteiger partial charge in [-0.2, -0.15) is 0 Å². The third-order valence-electron chi connectivity index (χ3n) is 2.94. The van der Waals surface area contributed by atoms with Crippen LogP contribution in [0.4, 0.5) is 0 Å². The largest absolute Gasteiger partial charge is 0.467 e. The normalized spacial score (nSPS) is 26.4. The Kier molecular flexibility index (Phi) is 2.44. The van der Waals surface area contributed by atoms with Crippen LogP contribution < -0.4 is 0 Å². The van der Waals surface area contributed by atoms with E-state index in [9.17, 15) is 9.59 Å². The molecule has 4 nitrogen and oxygen atoms in total. The molecule has 1 amide bonds. The molecular weight excluding hydrogens is 182 g/mol. The van der Waals surface area contributed by atoms with Gasteiger partial charge in [-0.3, -0.25) is 4.79 Å². The number of hydrogen-bond acceptors (Lipinski definition) is 3. The summed E-state index contributed by atoms with van der Waals surface area (Å²) in [4.78, 5) is 24.8. The lowest BCUT2D eigenvalue weighted by Gasteiger charge is -2.22. The Morgan fingerprint density at radius 3 is 2.57 bits per heavy atom. The van der Waals surface area contributed by atoms with E-state index in [2.05, 4.69) is 4.74 Å². The minimum absolute atomic E-state index is 0.151. The molecule has 1 saturated carbocycles. The molecule has 0 spiro atoms. The van der Waals surface area contributed by atoms with Gasteiger partial charge in [-0.05, 0) is 25.7 Å². The lowest BCUT2D eigenvalue weighted by molar-refractivity contribution is -0.151. The third-order valence-corrected chi connectivity index (χ3v) is 2.94. The van der Waals surface area contributed by atoms with Crippen molar-refractivity contribution in [3.63, 3.8) is 0 Å². The van der Waals surface area contributed by atoms with Crippen LogP contribution >= 0.6 is 0 Å². The van der Waals surface area contributed by atoms with Crippen molar-refractivity contribution in [2.45, 2.75) is 31.7 Å². The Labute approximate surface area is 83.2 Å². The topological polar surface area (TPSA) is 46.6 Å². The number of ether oxygens (including phenoxy) is 1.